The van der Waals surface area contributed by atoms with Crippen molar-refractivity contribution in [1.29, 1.82) is 0 Å². The molecule has 0 spiro atoms. The molecule has 196 valence electrons. The molecule has 3 heterocycles. The van der Waals surface area contributed by atoms with E-state index in [4.69, 9.17) is 23.1 Å². The molecule has 36 heavy (non-hydrogen) atoms. The molecule has 8 heteroatoms. The summed E-state index contributed by atoms with van der Waals surface area (Å²) in [6.45, 7) is 14.0. The molecule has 7 nitrogen and oxygen atoms in total. The molecule has 2 aliphatic heterocycles. The Morgan fingerprint density at radius 1 is 1.14 bits per heavy atom. The maximum Gasteiger partial charge on any atom is 0.147 e. The van der Waals surface area contributed by atoms with Crippen LogP contribution in [0, 0.1) is 13.8 Å². The molecule has 1 unspecified atom stereocenters. The monoisotopic (exact) mass is 511 g/mol. The Hall–Kier alpha value is -2.19. The van der Waals surface area contributed by atoms with Crippen molar-refractivity contribution in [2.45, 2.75) is 58.7 Å². The number of hydrogen-bond donors (Lipinski definition) is 2. The highest BCUT2D eigenvalue weighted by molar-refractivity contribution is 6.33. The molecule has 2 aromatic rings. The number of aliphatic imine (C=N–C) groups is 1. The second kappa shape index (κ2) is 12.4. The summed E-state index contributed by atoms with van der Waals surface area (Å²) in [7, 11) is 0. The summed E-state index contributed by atoms with van der Waals surface area (Å²) in [6, 6.07) is 9.86. The summed E-state index contributed by atoms with van der Waals surface area (Å²) in [5.74, 6) is 1.27. The Labute approximate surface area is 221 Å². The van der Waals surface area contributed by atoms with Crippen LogP contribution in [0.3, 0.4) is 0 Å². The van der Waals surface area contributed by atoms with Gasteiger partial charge in [0, 0.05) is 56.6 Å². The van der Waals surface area contributed by atoms with E-state index in [9.17, 15) is 0 Å². The summed E-state index contributed by atoms with van der Waals surface area (Å²) >= 11 is 6.66. The van der Waals surface area contributed by atoms with E-state index in [1.54, 1.807) is 6.20 Å². The highest BCUT2D eigenvalue weighted by atomic mass is 35.5. The Bertz CT molecular complexity index is 1050. The Morgan fingerprint density at radius 2 is 1.92 bits per heavy atom. The summed E-state index contributed by atoms with van der Waals surface area (Å²) in [5.41, 5.74) is 16.5. The zero-order valence-electron chi connectivity index (χ0n) is 22.1. The predicted molar refractivity (Wildman–Crippen MR) is 151 cm³/mol. The van der Waals surface area contributed by atoms with Gasteiger partial charge in [0.1, 0.15) is 11.7 Å². The van der Waals surface area contributed by atoms with E-state index >= 15 is 0 Å². The quantitative estimate of drug-likeness (QED) is 0.416. The normalized spacial score (nSPS) is 20.8. The van der Waals surface area contributed by atoms with Gasteiger partial charge in [0.25, 0.3) is 0 Å². The Kier molecular flexibility index (Phi) is 9.23. The second-order valence-electron chi connectivity index (χ2n) is 10.3. The van der Waals surface area contributed by atoms with Crippen molar-refractivity contribution in [2.75, 3.05) is 50.7 Å². The van der Waals surface area contributed by atoms with Crippen molar-refractivity contribution in [3.8, 4) is 0 Å². The van der Waals surface area contributed by atoms with Crippen molar-refractivity contribution in [3.05, 3.63) is 57.7 Å². The molecule has 2 fully saturated rings. The van der Waals surface area contributed by atoms with Crippen LogP contribution < -0.4 is 16.4 Å². The van der Waals surface area contributed by atoms with E-state index in [0.29, 0.717) is 36.0 Å². The average molecular weight is 512 g/mol. The number of piperidine rings is 1. The van der Waals surface area contributed by atoms with Crippen molar-refractivity contribution < 1.29 is 0 Å². The molecule has 0 bridgehead atoms. The molecular weight excluding hydrogens is 470 g/mol. The third-order valence-electron chi connectivity index (χ3n) is 7.75. The number of aromatic nitrogens is 1. The van der Waals surface area contributed by atoms with E-state index < -0.39 is 0 Å². The largest absolute Gasteiger partial charge is 0.383 e. The summed E-state index contributed by atoms with van der Waals surface area (Å²) < 4.78 is 0. The van der Waals surface area contributed by atoms with Crippen LogP contribution in [0.15, 0.2) is 35.5 Å². The zero-order chi connectivity index (χ0) is 25.7. The van der Waals surface area contributed by atoms with Gasteiger partial charge in [-0.3, -0.25) is 14.8 Å². The Balaban J connectivity index is 1.34. The highest BCUT2D eigenvalue weighted by Gasteiger charge is 2.34. The average Bonchev–Trinajstić information content (AvgIpc) is 2.89. The van der Waals surface area contributed by atoms with Gasteiger partial charge in [0.15, 0.2) is 0 Å². The first-order valence-electron chi connectivity index (χ1n) is 13.3. The first kappa shape index (κ1) is 26.9. The van der Waals surface area contributed by atoms with Gasteiger partial charge in [-0.25, -0.2) is 4.98 Å². The molecule has 0 aliphatic carbocycles. The molecule has 0 radical (unpaired) electrons. The number of pyridine rings is 1. The number of anilines is 1. The maximum absolute atomic E-state index is 6.66. The zero-order valence-corrected chi connectivity index (χ0v) is 22.8. The van der Waals surface area contributed by atoms with E-state index in [1.165, 1.54) is 29.5 Å². The van der Waals surface area contributed by atoms with Gasteiger partial charge in [0.2, 0.25) is 0 Å². The molecule has 2 aliphatic rings. The second-order valence-corrected chi connectivity index (χ2v) is 10.7. The number of halogens is 1. The van der Waals surface area contributed by atoms with Gasteiger partial charge in [-0.1, -0.05) is 42.3 Å². The van der Waals surface area contributed by atoms with Crippen LogP contribution in [0.2, 0.25) is 5.02 Å². The van der Waals surface area contributed by atoms with Crippen molar-refractivity contribution in [2.24, 2.45) is 16.5 Å². The Morgan fingerprint density at radius 3 is 2.58 bits per heavy atom. The lowest BCUT2D eigenvalue weighted by Gasteiger charge is -2.47. The van der Waals surface area contributed by atoms with Crippen LogP contribution in [0.5, 0.6) is 0 Å². The summed E-state index contributed by atoms with van der Waals surface area (Å²) in [4.78, 5) is 16.7. The highest BCUT2D eigenvalue weighted by Crippen LogP contribution is 2.30. The molecule has 1 aromatic heterocycles. The van der Waals surface area contributed by atoms with Gasteiger partial charge in [-0.15, -0.1) is 0 Å². The molecule has 2 saturated heterocycles. The molecular formula is C28H42ClN7. The van der Waals surface area contributed by atoms with E-state index in [0.717, 1.165) is 57.1 Å². The van der Waals surface area contributed by atoms with Crippen molar-refractivity contribution >= 4 is 23.3 Å². The van der Waals surface area contributed by atoms with Gasteiger partial charge >= 0.3 is 0 Å². The third kappa shape index (κ3) is 6.38. The fourth-order valence-electron chi connectivity index (χ4n) is 5.66. The number of rotatable bonds is 8. The smallest absolute Gasteiger partial charge is 0.147 e. The van der Waals surface area contributed by atoms with E-state index in [-0.39, 0.29) is 0 Å². The third-order valence-corrected chi connectivity index (χ3v) is 8.02. The van der Waals surface area contributed by atoms with Gasteiger partial charge in [-0.05, 0) is 63.4 Å². The van der Waals surface area contributed by atoms with Crippen molar-refractivity contribution in [3.63, 3.8) is 0 Å². The van der Waals surface area contributed by atoms with Gasteiger partial charge < -0.3 is 16.4 Å². The number of benzene rings is 1. The molecule has 1 aromatic carbocycles. The minimum atomic E-state index is 0.432. The SMILES string of the molecule is CCC1CN(c2ncc(C(N)=NCCN)cc2Cl)CCN1C1CCN(Cc2ccc(C)cc2C)CC1. The number of amidine groups is 1. The number of nitrogens with two attached hydrogens (primary N) is 2. The lowest BCUT2D eigenvalue weighted by molar-refractivity contribution is 0.0610. The standard InChI is InChI=1S/C28H42ClN7/c1-4-24-19-35(28-26(29)16-23(17-33-28)27(31)32-10-9-30)13-14-36(24)25-7-11-34(12-8-25)18-22-6-5-20(2)15-21(22)3/h5-6,15-17,24-25H,4,7-14,18-19,30H2,1-3H3,(H2,31,32). The van der Waals surface area contributed by atoms with Crippen LogP contribution in [-0.2, 0) is 6.54 Å². The first-order chi connectivity index (χ1) is 17.4. The van der Waals surface area contributed by atoms with Gasteiger partial charge in [0.05, 0.1) is 11.6 Å². The fraction of sp³-hybridized carbons (Fsp3) is 0.571. The van der Waals surface area contributed by atoms with E-state index in [2.05, 4.69) is 63.6 Å². The van der Waals surface area contributed by atoms with Crippen LogP contribution in [0.4, 0.5) is 5.82 Å². The summed E-state index contributed by atoms with van der Waals surface area (Å²) in [5, 5.41) is 0.626. The lowest BCUT2D eigenvalue weighted by Crippen LogP contribution is -2.58. The number of likely N-dealkylation sites (tertiary alicyclic amines) is 1. The number of aryl methyl sites for hydroxylation is 2. The number of nitrogens with zero attached hydrogens (tertiary/aromatic N) is 5. The first-order valence-corrected chi connectivity index (χ1v) is 13.7. The minimum absolute atomic E-state index is 0.432. The molecule has 4 N–H and O–H groups in total. The van der Waals surface area contributed by atoms with Crippen molar-refractivity contribution in [1.82, 2.24) is 14.8 Å². The topological polar surface area (TPSA) is 87.0 Å². The molecule has 0 saturated carbocycles. The molecule has 4 rings (SSSR count). The molecule has 1 atom stereocenters. The van der Waals surface area contributed by atoms with Gasteiger partial charge in [-0.2, -0.15) is 0 Å². The summed E-state index contributed by atoms with van der Waals surface area (Å²) in [6.07, 6.45) is 5.36. The molecule has 0 amide bonds. The number of hydrogen-bond acceptors (Lipinski definition) is 6. The van der Waals surface area contributed by atoms with Crippen LogP contribution >= 0.6 is 11.6 Å². The lowest BCUT2D eigenvalue weighted by atomic mass is 9.97. The van der Waals surface area contributed by atoms with Crippen LogP contribution in [0.25, 0.3) is 0 Å². The minimum Gasteiger partial charge on any atom is -0.383 e. The number of piperazine rings is 1. The maximum atomic E-state index is 6.66. The predicted octanol–water partition coefficient (Wildman–Crippen LogP) is 3.58. The van der Waals surface area contributed by atoms with Crippen LogP contribution in [0.1, 0.15) is 48.4 Å². The van der Waals surface area contributed by atoms with Crippen LogP contribution in [-0.4, -0.2) is 78.5 Å². The van der Waals surface area contributed by atoms with E-state index in [1.807, 2.05) is 6.07 Å². The fourth-order valence-corrected chi connectivity index (χ4v) is 5.94.